The van der Waals surface area contributed by atoms with Gasteiger partial charge in [0.2, 0.25) is 0 Å². The van der Waals surface area contributed by atoms with Crippen molar-refractivity contribution in [2.75, 3.05) is 51.6 Å². The fourth-order valence-corrected chi connectivity index (χ4v) is 8.81. The number of unbranched alkanes of at least 4 members (excludes halogenated alkanes) is 9. The minimum atomic E-state index is -0.943. The summed E-state index contributed by atoms with van der Waals surface area (Å²) in [5.41, 5.74) is 1.80. The molecule has 6 aromatic carbocycles. The summed E-state index contributed by atoms with van der Waals surface area (Å²) in [6.07, 6.45) is 12.5. The van der Waals surface area contributed by atoms with Gasteiger partial charge in [-0.1, -0.05) is 58.5 Å². The molecule has 0 amide bonds. The van der Waals surface area contributed by atoms with Crippen LogP contribution >= 0.6 is 15.9 Å². The molecule has 536 valence electrons. The Morgan fingerprint density at radius 2 is 0.693 bits per heavy atom. The first kappa shape index (κ1) is 102. The number of carbonyl (C=O) groups is 4. The van der Waals surface area contributed by atoms with Crippen LogP contribution in [0, 0.1) is 0 Å². The summed E-state index contributed by atoms with van der Waals surface area (Å²) in [6.45, 7) is 7.20. The molecule has 0 saturated carbocycles. The van der Waals surface area contributed by atoms with Crippen LogP contribution in [0.3, 0.4) is 0 Å². The van der Waals surface area contributed by atoms with E-state index in [2.05, 4.69) is 20.8 Å². The summed E-state index contributed by atoms with van der Waals surface area (Å²) >= 11 is 3.42. The van der Waals surface area contributed by atoms with E-state index in [-0.39, 0.29) is 216 Å². The number of alkyl halides is 1. The van der Waals surface area contributed by atoms with Gasteiger partial charge in [0.05, 0.1) is 62.9 Å². The number of hydrogen-bond acceptors (Lipinski definition) is 21. The fourth-order valence-electron chi connectivity index (χ4n) is 8.42. The van der Waals surface area contributed by atoms with Crippen molar-refractivity contribution < 1.29 is 225 Å². The smallest absolute Gasteiger partial charge is 1.00 e. The Morgan fingerprint density at radius 1 is 0.436 bits per heavy atom. The Bertz CT molecular complexity index is 3880. The molecule has 22 nitrogen and oxygen atoms in total. The maximum atomic E-state index is 11.6. The summed E-state index contributed by atoms with van der Waals surface area (Å²) in [5, 5.41) is 29.9. The van der Waals surface area contributed by atoms with Crippen LogP contribution in [0.5, 0.6) is 34.5 Å². The van der Waals surface area contributed by atoms with Crippen molar-refractivity contribution in [2.45, 2.75) is 121 Å². The number of carboxylic acids is 1. The van der Waals surface area contributed by atoms with E-state index >= 15 is 0 Å². The van der Waals surface area contributed by atoms with Gasteiger partial charge in [0.25, 0.3) is 6.47 Å². The van der Waals surface area contributed by atoms with Gasteiger partial charge in [-0.25, -0.2) is 28.8 Å². The standard InChI is InChI=1S/C24H26O6.C22H22O6.C15H17BrO3.C9H10O3.CH2O3.4CH4.2K.Na.H2O.H/c1-2-27-24(26)19-8-11-20(12-9-19)28-15-5-3-4-6-16-29-21-13-7-18-10-14-23(25)30-22(18)17-21;23-21-12-8-16-5-11-19(15-20(16)28-21)27-14-4-2-1-3-13-26-18-9-6-17(7-10-18)22(24)25;16-9-3-1-2-4-10-18-13-7-5-12-6-8-15(17)19-14(12)11-13;1-2-12-9(11)7-3-5-8(10)6-4-7;2-1-4-3;;;;;;;;;/h7-14,17H,2-6,15-16H2,1H3;5-12,15H,1-4,13-14H2,(H,24,25);5-8,11H,1-4,9-10H2;3-6,10H,2H2,1H3;1,3H;4*1H4;;;;1H2;/q;;;;;;;;;3*+1;;-1/p-2. The third-order valence-electron chi connectivity index (χ3n) is 13.1. The van der Waals surface area contributed by atoms with E-state index in [9.17, 15) is 28.8 Å². The normalized spacial score (nSPS) is 9.50. The average molecular weight is 1530 g/mol. The van der Waals surface area contributed by atoms with E-state index in [1.807, 2.05) is 36.4 Å². The fraction of sp³-hybridized carbons (Fsp3) is 0.347. The third-order valence-corrected chi connectivity index (χ3v) is 13.7. The maximum Gasteiger partial charge on any atom is 1.00 e. The van der Waals surface area contributed by atoms with Crippen LogP contribution in [-0.2, 0) is 19.2 Å². The van der Waals surface area contributed by atoms with Crippen LogP contribution in [0.15, 0.2) is 191 Å². The van der Waals surface area contributed by atoms with Gasteiger partial charge in [0, 0.05) is 57.9 Å². The number of benzene rings is 6. The van der Waals surface area contributed by atoms with Gasteiger partial charge in [-0.05, 0) is 205 Å². The molecule has 0 radical (unpaired) electrons. The SMILES string of the molecule is C.C.C.C.CCOC(=O)c1ccc(O)cc1.CCOC(=O)c1ccc(OCCCCCCOc2ccc3ccc(=O)oc3c2)cc1.O=C(O)c1ccc(OCCCCCCOc2ccc3ccc(=O)oc3c2)cc1.O=CO[O-].O=c1ccc2ccc(OCCCCCCBr)cc2o1.[H-].[K+].[K+].[Na+].[OH-]. The Kier molecular flexibility index (Phi) is 61.1. The minimum absolute atomic E-state index is 0. The van der Waals surface area contributed by atoms with Crippen LogP contribution in [0.25, 0.3) is 32.9 Å². The van der Waals surface area contributed by atoms with Crippen molar-refractivity contribution in [3.05, 3.63) is 212 Å². The number of fused-ring (bicyclic) bond motifs is 3. The zero-order valence-corrected chi connectivity index (χ0v) is 65.1. The number of aromatic hydroxyl groups is 1. The molecule has 0 atom stereocenters. The predicted octanol–water partition coefficient (Wildman–Crippen LogP) is 7.12. The summed E-state index contributed by atoms with van der Waals surface area (Å²) < 4.78 is 53.6. The molecular weight excluding hydrogens is 1430 g/mol. The summed E-state index contributed by atoms with van der Waals surface area (Å²) in [5.74, 6) is 2.08. The number of halogens is 1. The van der Waals surface area contributed by atoms with Gasteiger partial charge in [0.15, 0.2) is 0 Å². The molecule has 0 aliphatic rings. The summed E-state index contributed by atoms with van der Waals surface area (Å²) in [7, 11) is 0. The van der Waals surface area contributed by atoms with Crippen LogP contribution in [0.4, 0.5) is 0 Å². The molecule has 3 heterocycles. The van der Waals surface area contributed by atoms with E-state index < -0.39 is 5.97 Å². The number of rotatable bonds is 31. The molecule has 3 N–H and O–H groups in total. The van der Waals surface area contributed by atoms with Crippen LogP contribution in [0.2, 0.25) is 0 Å². The molecule has 3 aromatic heterocycles. The Balaban J connectivity index is -0.000000406. The van der Waals surface area contributed by atoms with Crippen LogP contribution < -0.4 is 178 Å². The van der Waals surface area contributed by atoms with Gasteiger partial charge < -0.3 is 73.7 Å². The molecule has 0 aliphatic carbocycles. The van der Waals surface area contributed by atoms with Gasteiger partial charge in [0.1, 0.15) is 51.2 Å². The van der Waals surface area contributed by atoms with E-state index in [0.717, 1.165) is 90.8 Å². The average Bonchev–Trinajstić information content (AvgIpc) is 0.847. The van der Waals surface area contributed by atoms with Gasteiger partial charge in [-0.2, -0.15) is 0 Å². The Labute approximate surface area is 708 Å². The molecule has 0 fully saturated rings. The van der Waals surface area contributed by atoms with Crippen LogP contribution in [0.1, 0.15) is 153 Å². The zero-order chi connectivity index (χ0) is 66.8. The number of phenolic OH excluding ortho intramolecular Hbond substituents is 1. The second-order valence-corrected chi connectivity index (χ2v) is 20.9. The maximum absolute atomic E-state index is 11.6. The quantitative estimate of drug-likeness (QED) is 0.00638. The molecule has 0 saturated heterocycles. The number of carbonyl (C=O) groups excluding carboxylic acids is 3. The van der Waals surface area contributed by atoms with Crippen molar-refractivity contribution in [1.29, 1.82) is 0 Å². The van der Waals surface area contributed by atoms with E-state index in [1.165, 1.54) is 73.9 Å². The monoisotopic (exact) mass is 1530 g/mol. The Morgan fingerprint density at radius 3 is 0.970 bits per heavy atom. The molecule has 0 spiro atoms. The second kappa shape index (κ2) is 60.7. The van der Waals surface area contributed by atoms with Crippen molar-refractivity contribution in [3.8, 4) is 34.5 Å². The third kappa shape index (κ3) is 41.4. The number of carboxylic acid groups (broad SMARTS) is 1. The molecule has 9 rings (SSSR count). The largest absolute Gasteiger partial charge is 1.00 e. The molecular formula is C75H94BrK2NaO22. The first-order valence-electron chi connectivity index (χ1n) is 30.3. The first-order valence-corrected chi connectivity index (χ1v) is 31.4. The van der Waals surface area contributed by atoms with Crippen molar-refractivity contribution in [1.82, 2.24) is 0 Å². The number of esters is 2. The topological polar surface area (TPSA) is 326 Å². The van der Waals surface area contributed by atoms with Gasteiger partial charge in [-0.3, -0.25) is 4.79 Å². The number of ether oxygens (including phenoxy) is 7. The van der Waals surface area contributed by atoms with E-state index in [4.69, 9.17) is 66.7 Å². The van der Waals surface area contributed by atoms with E-state index in [0.29, 0.717) is 91.4 Å². The number of hydrogen-bond donors (Lipinski definition) is 2. The predicted molar refractivity (Wildman–Crippen MR) is 381 cm³/mol. The van der Waals surface area contributed by atoms with Crippen molar-refractivity contribution in [2.24, 2.45) is 0 Å². The Hall–Kier alpha value is -5.70. The first-order chi connectivity index (χ1) is 45.2. The van der Waals surface area contributed by atoms with Gasteiger partial charge >= 0.3 is 167 Å². The molecule has 101 heavy (non-hydrogen) atoms. The molecule has 9 aromatic rings. The van der Waals surface area contributed by atoms with E-state index in [1.54, 1.807) is 86.6 Å². The number of phenols is 1. The molecule has 0 unspecified atom stereocenters. The molecule has 0 aliphatic heterocycles. The zero-order valence-electron chi connectivity index (χ0n) is 56.3. The van der Waals surface area contributed by atoms with Gasteiger partial charge in [-0.15, -0.1) is 0 Å². The summed E-state index contributed by atoms with van der Waals surface area (Å²) in [4.78, 5) is 78.4. The summed E-state index contributed by atoms with van der Waals surface area (Å²) in [6, 6.07) is 45.4. The second-order valence-electron chi connectivity index (χ2n) is 20.1. The molecule has 26 heteroatoms. The van der Waals surface area contributed by atoms with Crippen LogP contribution in [-0.4, -0.2) is 91.6 Å². The van der Waals surface area contributed by atoms with Crippen molar-refractivity contribution >= 4 is 73.2 Å². The molecule has 0 bridgehead atoms. The number of aromatic carboxylic acids is 1. The minimum Gasteiger partial charge on any atom is -1.00 e. The van der Waals surface area contributed by atoms with Crippen molar-refractivity contribution in [3.63, 3.8) is 0 Å².